The third-order valence-electron chi connectivity index (χ3n) is 4.96. The minimum atomic E-state index is 0.340. The third-order valence-corrected chi connectivity index (χ3v) is 4.96. The highest BCUT2D eigenvalue weighted by Crippen LogP contribution is 2.28. The van der Waals surface area contributed by atoms with E-state index in [4.69, 9.17) is 9.47 Å². The molecule has 1 saturated heterocycles. The van der Waals surface area contributed by atoms with Crippen molar-refractivity contribution in [1.29, 1.82) is 0 Å². The van der Waals surface area contributed by atoms with Gasteiger partial charge in [0.25, 0.3) is 0 Å². The summed E-state index contributed by atoms with van der Waals surface area (Å²) in [6.07, 6.45) is 12.2. The molecule has 21 heavy (non-hydrogen) atoms. The number of aryl methyl sites for hydroxylation is 1. The van der Waals surface area contributed by atoms with E-state index in [2.05, 4.69) is 24.3 Å². The van der Waals surface area contributed by atoms with E-state index in [1.54, 1.807) is 0 Å². The first-order valence-electron chi connectivity index (χ1n) is 8.73. The van der Waals surface area contributed by atoms with Crippen LogP contribution in [-0.2, 0) is 11.2 Å². The number of rotatable bonds is 5. The SMILES string of the molecule is c1cc(OC2CCOCC2)ccc1CCC1CCCCC1. The van der Waals surface area contributed by atoms with Crippen LogP contribution in [0.25, 0.3) is 0 Å². The van der Waals surface area contributed by atoms with Crippen molar-refractivity contribution in [1.82, 2.24) is 0 Å². The second-order valence-electron chi connectivity index (χ2n) is 6.62. The zero-order valence-electron chi connectivity index (χ0n) is 13.1. The molecule has 2 heteroatoms. The van der Waals surface area contributed by atoms with Gasteiger partial charge in [0.2, 0.25) is 0 Å². The van der Waals surface area contributed by atoms with Gasteiger partial charge in [-0.3, -0.25) is 0 Å². The van der Waals surface area contributed by atoms with Gasteiger partial charge in [-0.25, -0.2) is 0 Å². The van der Waals surface area contributed by atoms with E-state index in [-0.39, 0.29) is 0 Å². The molecular weight excluding hydrogens is 260 g/mol. The molecule has 2 aliphatic rings. The van der Waals surface area contributed by atoms with Crippen LogP contribution in [0.5, 0.6) is 5.75 Å². The molecule has 0 bridgehead atoms. The zero-order valence-corrected chi connectivity index (χ0v) is 13.1. The summed E-state index contributed by atoms with van der Waals surface area (Å²) in [4.78, 5) is 0. The Kier molecular flexibility index (Phi) is 5.56. The summed E-state index contributed by atoms with van der Waals surface area (Å²) in [5.41, 5.74) is 1.46. The minimum Gasteiger partial charge on any atom is -0.490 e. The van der Waals surface area contributed by atoms with Crippen molar-refractivity contribution in [2.75, 3.05) is 13.2 Å². The average Bonchev–Trinajstić information content (AvgIpc) is 2.56. The molecule has 0 unspecified atom stereocenters. The van der Waals surface area contributed by atoms with E-state index in [9.17, 15) is 0 Å². The maximum Gasteiger partial charge on any atom is 0.119 e. The van der Waals surface area contributed by atoms with Gasteiger partial charge < -0.3 is 9.47 Å². The lowest BCUT2D eigenvalue weighted by molar-refractivity contribution is 0.0255. The van der Waals surface area contributed by atoms with E-state index in [1.165, 1.54) is 50.5 Å². The molecule has 1 aromatic rings. The summed E-state index contributed by atoms with van der Waals surface area (Å²) in [7, 11) is 0. The van der Waals surface area contributed by atoms with E-state index in [0.29, 0.717) is 6.10 Å². The van der Waals surface area contributed by atoms with E-state index < -0.39 is 0 Å². The second kappa shape index (κ2) is 7.84. The fourth-order valence-electron chi connectivity index (χ4n) is 3.57. The van der Waals surface area contributed by atoms with Crippen molar-refractivity contribution in [3.8, 4) is 5.75 Å². The van der Waals surface area contributed by atoms with Crippen LogP contribution in [0, 0.1) is 5.92 Å². The molecule has 0 aromatic heterocycles. The van der Waals surface area contributed by atoms with Gasteiger partial charge in [-0.1, -0.05) is 44.2 Å². The van der Waals surface area contributed by atoms with Crippen LogP contribution in [0.15, 0.2) is 24.3 Å². The Bertz CT molecular complexity index is 400. The van der Waals surface area contributed by atoms with E-state index in [0.717, 1.165) is 37.7 Å². The van der Waals surface area contributed by atoms with Crippen LogP contribution in [0.4, 0.5) is 0 Å². The molecule has 1 aliphatic heterocycles. The third kappa shape index (κ3) is 4.74. The summed E-state index contributed by atoms with van der Waals surface area (Å²) < 4.78 is 11.4. The second-order valence-corrected chi connectivity index (χ2v) is 6.62. The molecule has 0 N–H and O–H groups in total. The van der Waals surface area contributed by atoms with Crippen LogP contribution in [0.1, 0.15) is 56.9 Å². The zero-order chi connectivity index (χ0) is 14.3. The average molecular weight is 288 g/mol. The van der Waals surface area contributed by atoms with Gasteiger partial charge in [-0.05, 0) is 36.5 Å². The molecule has 1 saturated carbocycles. The van der Waals surface area contributed by atoms with Gasteiger partial charge in [0.15, 0.2) is 0 Å². The molecule has 0 radical (unpaired) electrons. The predicted molar refractivity (Wildman–Crippen MR) is 85.8 cm³/mol. The molecule has 1 aliphatic carbocycles. The largest absolute Gasteiger partial charge is 0.490 e. The van der Waals surface area contributed by atoms with Crippen molar-refractivity contribution in [2.24, 2.45) is 5.92 Å². The van der Waals surface area contributed by atoms with Gasteiger partial charge in [-0.2, -0.15) is 0 Å². The summed E-state index contributed by atoms with van der Waals surface area (Å²) in [6, 6.07) is 8.78. The first-order chi connectivity index (χ1) is 10.4. The van der Waals surface area contributed by atoms with Crippen LogP contribution in [-0.4, -0.2) is 19.3 Å². The Morgan fingerprint density at radius 1 is 0.905 bits per heavy atom. The maximum atomic E-state index is 6.02. The molecule has 1 heterocycles. The standard InChI is InChI=1S/C19H28O2/c1-2-4-16(5-3-1)6-7-17-8-10-18(11-9-17)21-19-12-14-20-15-13-19/h8-11,16,19H,1-7,12-15H2. The first kappa shape index (κ1) is 14.9. The van der Waals surface area contributed by atoms with Crippen molar-refractivity contribution in [3.63, 3.8) is 0 Å². The van der Waals surface area contributed by atoms with E-state index in [1.807, 2.05) is 0 Å². The molecule has 0 atom stereocenters. The lowest BCUT2D eigenvalue weighted by Crippen LogP contribution is -2.25. The number of ether oxygens (including phenoxy) is 2. The molecule has 3 rings (SSSR count). The van der Waals surface area contributed by atoms with Crippen molar-refractivity contribution in [2.45, 2.75) is 63.9 Å². The minimum absolute atomic E-state index is 0.340. The molecule has 2 nitrogen and oxygen atoms in total. The van der Waals surface area contributed by atoms with E-state index >= 15 is 0 Å². The van der Waals surface area contributed by atoms with Gasteiger partial charge in [-0.15, -0.1) is 0 Å². The lowest BCUT2D eigenvalue weighted by Gasteiger charge is -2.23. The predicted octanol–water partition coefficient (Wildman–Crippen LogP) is 4.76. The van der Waals surface area contributed by atoms with Crippen LogP contribution >= 0.6 is 0 Å². The monoisotopic (exact) mass is 288 g/mol. The Labute approximate surface area is 128 Å². The van der Waals surface area contributed by atoms with Crippen molar-refractivity contribution >= 4 is 0 Å². The topological polar surface area (TPSA) is 18.5 Å². The maximum absolute atomic E-state index is 6.02. The van der Waals surface area contributed by atoms with Crippen LogP contribution < -0.4 is 4.74 Å². The summed E-state index contributed by atoms with van der Waals surface area (Å²) in [5.74, 6) is 1.99. The molecular formula is C19H28O2. The number of benzene rings is 1. The highest BCUT2D eigenvalue weighted by molar-refractivity contribution is 5.27. The molecule has 0 amide bonds. The highest BCUT2D eigenvalue weighted by Gasteiger charge is 2.15. The number of hydrogen-bond donors (Lipinski definition) is 0. The van der Waals surface area contributed by atoms with Gasteiger partial charge >= 0.3 is 0 Å². The smallest absolute Gasteiger partial charge is 0.119 e. The lowest BCUT2D eigenvalue weighted by atomic mass is 9.85. The Balaban J connectivity index is 1.44. The fourth-order valence-corrected chi connectivity index (χ4v) is 3.57. The Morgan fingerprint density at radius 2 is 1.62 bits per heavy atom. The molecule has 1 aromatic carbocycles. The summed E-state index contributed by atoms with van der Waals surface area (Å²) in [5, 5.41) is 0. The Hall–Kier alpha value is -1.02. The number of hydrogen-bond acceptors (Lipinski definition) is 2. The van der Waals surface area contributed by atoms with Crippen molar-refractivity contribution in [3.05, 3.63) is 29.8 Å². The normalized spacial score (nSPS) is 21.3. The van der Waals surface area contributed by atoms with Gasteiger partial charge in [0, 0.05) is 12.8 Å². The fraction of sp³-hybridized carbons (Fsp3) is 0.684. The molecule has 0 spiro atoms. The Morgan fingerprint density at radius 3 is 2.33 bits per heavy atom. The molecule has 116 valence electrons. The van der Waals surface area contributed by atoms with Gasteiger partial charge in [0.05, 0.1) is 13.2 Å². The van der Waals surface area contributed by atoms with Crippen molar-refractivity contribution < 1.29 is 9.47 Å². The molecule has 2 fully saturated rings. The quantitative estimate of drug-likeness (QED) is 0.778. The first-order valence-corrected chi connectivity index (χ1v) is 8.73. The van der Waals surface area contributed by atoms with Gasteiger partial charge in [0.1, 0.15) is 11.9 Å². The van der Waals surface area contributed by atoms with Crippen LogP contribution in [0.3, 0.4) is 0 Å². The summed E-state index contributed by atoms with van der Waals surface area (Å²) in [6.45, 7) is 1.67. The highest BCUT2D eigenvalue weighted by atomic mass is 16.5. The van der Waals surface area contributed by atoms with Crippen LogP contribution in [0.2, 0.25) is 0 Å². The summed E-state index contributed by atoms with van der Waals surface area (Å²) >= 11 is 0.